The Bertz CT molecular complexity index is 351. The van der Waals surface area contributed by atoms with Gasteiger partial charge in [0.25, 0.3) is 0 Å². The Morgan fingerprint density at radius 1 is 0.857 bits per heavy atom. The minimum absolute atomic E-state index is 0.702. The second-order valence-corrected chi connectivity index (χ2v) is 3.71. The second kappa shape index (κ2) is 18.9. The van der Waals surface area contributed by atoms with E-state index in [2.05, 4.69) is 31.2 Å². The zero-order valence-electron chi connectivity index (χ0n) is 16.0. The first-order chi connectivity index (χ1) is 10.3. The third-order valence-corrected chi connectivity index (χ3v) is 2.64. The lowest BCUT2D eigenvalue weighted by Crippen LogP contribution is -2.08. The van der Waals surface area contributed by atoms with E-state index in [0.29, 0.717) is 6.54 Å². The number of nitrogens with two attached hydrogens (primary N) is 1. The summed E-state index contributed by atoms with van der Waals surface area (Å²) in [5.74, 6) is 0. The fourth-order valence-electron chi connectivity index (χ4n) is 1.84. The first-order valence-electron chi connectivity index (χ1n) is 8.78. The molecule has 1 aromatic carbocycles. The number of benzene rings is 1. The van der Waals surface area contributed by atoms with Crippen LogP contribution in [0.15, 0.2) is 23.8 Å². The van der Waals surface area contributed by atoms with Crippen LogP contribution in [0.1, 0.15) is 78.5 Å². The molecule has 0 saturated heterocycles. The Morgan fingerprint density at radius 2 is 1.38 bits per heavy atom. The van der Waals surface area contributed by atoms with Gasteiger partial charge >= 0.3 is 0 Å². The van der Waals surface area contributed by atoms with Crippen molar-refractivity contribution in [2.45, 2.75) is 75.2 Å². The van der Waals surface area contributed by atoms with Gasteiger partial charge < -0.3 is 5.73 Å². The van der Waals surface area contributed by atoms with Gasteiger partial charge in [-0.25, -0.2) is 0 Å². The summed E-state index contributed by atoms with van der Waals surface area (Å²) < 4.78 is 0. The van der Waals surface area contributed by atoms with Crippen LogP contribution in [0.5, 0.6) is 0 Å². The lowest BCUT2D eigenvalue weighted by Gasteiger charge is -2.15. The van der Waals surface area contributed by atoms with Gasteiger partial charge in [-0.05, 0) is 30.9 Å². The van der Waals surface area contributed by atoms with E-state index in [0.717, 1.165) is 12.8 Å². The summed E-state index contributed by atoms with van der Waals surface area (Å²) in [5.41, 5.74) is 11.2. The van der Waals surface area contributed by atoms with E-state index >= 15 is 0 Å². The predicted octanol–water partition coefficient (Wildman–Crippen LogP) is 6.39. The van der Waals surface area contributed by atoms with Crippen LogP contribution in [0.3, 0.4) is 0 Å². The van der Waals surface area contributed by atoms with Crippen molar-refractivity contribution in [1.29, 1.82) is 0 Å². The largest absolute Gasteiger partial charge is 0.327 e. The molecule has 0 unspecified atom stereocenters. The van der Waals surface area contributed by atoms with Crippen molar-refractivity contribution in [3.8, 4) is 0 Å². The van der Waals surface area contributed by atoms with Crippen molar-refractivity contribution in [1.82, 2.24) is 0 Å². The van der Waals surface area contributed by atoms with Crippen LogP contribution in [0.2, 0.25) is 0 Å². The van der Waals surface area contributed by atoms with Gasteiger partial charge in [0.05, 0.1) is 0 Å². The van der Waals surface area contributed by atoms with Crippen LogP contribution in [0.4, 0.5) is 0 Å². The van der Waals surface area contributed by atoms with E-state index in [4.69, 9.17) is 5.73 Å². The molecule has 1 aliphatic rings. The van der Waals surface area contributed by atoms with Crippen LogP contribution >= 0.6 is 0 Å². The molecule has 1 nitrogen and oxygen atoms in total. The summed E-state index contributed by atoms with van der Waals surface area (Å²) in [6, 6.07) is 6.63. The second-order valence-electron chi connectivity index (χ2n) is 3.71. The van der Waals surface area contributed by atoms with Crippen molar-refractivity contribution < 1.29 is 0 Å². The van der Waals surface area contributed by atoms with E-state index < -0.39 is 0 Å². The number of aryl methyl sites for hydroxylation is 2. The van der Waals surface area contributed by atoms with Gasteiger partial charge in [-0.1, -0.05) is 90.8 Å². The van der Waals surface area contributed by atoms with Crippen molar-refractivity contribution in [3.05, 3.63) is 40.5 Å². The van der Waals surface area contributed by atoms with Crippen LogP contribution in [-0.4, -0.2) is 6.54 Å². The van der Waals surface area contributed by atoms with Crippen LogP contribution in [0, 0.1) is 6.92 Å². The number of rotatable bonds is 1. The Kier molecular flexibility index (Phi) is 22.4. The molecular weight excluding hydrogens is 254 g/mol. The smallest absolute Gasteiger partial charge is 0.0140 e. The molecule has 0 aromatic heterocycles. The summed E-state index contributed by atoms with van der Waals surface area (Å²) in [6.07, 6.45) is 4.52. The molecule has 124 valence electrons. The van der Waals surface area contributed by atoms with Gasteiger partial charge in [-0.2, -0.15) is 0 Å². The van der Waals surface area contributed by atoms with Crippen LogP contribution < -0.4 is 5.73 Å². The lowest BCUT2D eigenvalue weighted by atomic mass is 9.91. The molecular formula is C20H39N. The maximum Gasteiger partial charge on any atom is 0.0140 e. The van der Waals surface area contributed by atoms with Crippen LogP contribution in [-0.2, 0) is 6.42 Å². The van der Waals surface area contributed by atoms with Gasteiger partial charge in [0.15, 0.2) is 0 Å². The third-order valence-electron chi connectivity index (χ3n) is 2.64. The molecule has 2 N–H and O–H groups in total. The highest BCUT2D eigenvalue weighted by Gasteiger charge is 2.08. The van der Waals surface area contributed by atoms with Gasteiger partial charge in [0.1, 0.15) is 0 Å². The lowest BCUT2D eigenvalue weighted by molar-refractivity contribution is 0.891. The van der Waals surface area contributed by atoms with Gasteiger partial charge in [0.2, 0.25) is 0 Å². The zero-order chi connectivity index (χ0) is 17.3. The molecule has 2 rings (SSSR count). The Labute approximate surface area is 134 Å². The highest BCUT2D eigenvalue weighted by Crippen LogP contribution is 2.23. The summed E-state index contributed by atoms with van der Waals surface area (Å²) in [6.45, 7) is 18.8. The van der Waals surface area contributed by atoms with Crippen molar-refractivity contribution in [2.24, 2.45) is 5.73 Å². The monoisotopic (exact) mass is 293 g/mol. The first kappa shape index (κ1) is 24.9. The zero-order valence-corrected chi connectivity index (χ0v) is 16.0. The SMILES string of the molecule is CC.CC.CC.CC.Cc1ccc2c(c1)CCC(CN)=C2. The molecule has 0 saturated carbocycles. The molecule has 0 atom stereocenters. The summed E-state index contributed by atoms with van der Waals surface area (Å²) in [5, 5.41) is 0. The number of hydrogen-bond donors (Lipinski definition) is 1. The van der Waals surface area contributed by atoms with Crippen molar-refractivity contribution in [3.63, 3.8) is 0 Å². The molecule has 0 bridgehead atoms. The van der Waals surface area contributed by atoms with E-state index in [1.165, 1.54) is 22.3 Å². The highest BCUT2D eigenvalue weighted by atomic mass is 14.5. The predicted molar refractivity (Wildman–Crippen MR) is 102 cm³/mol. The van der Waals surface area contributed by atoms with E-state index in [9.17, 15) is 0 Å². The molecule has 0 aliphatic heterocycles. The van der Waals surface area contributed by atoms with Crippen LogP contribution in [0.25, 0.3) is 6.08 Å². The minimum Gasteiger partial charge on any atom is -0.327 e. The molecule has 0 amide bonds. The van der Waals surface area contributed by atoms with Crippen molar-refractivity contribution in [2.75, 3.05) is 6.54 Å². The molecule has 1 aromatic rings. The summed E-state index contributed by atoms with van der Waals surface area (Å²) in [7, 11) is 0. The average molecular weight is 294 g/mol. The Hall–Kier alpha value is -1.08. The molecule has 1 aliphatic carbocycles. The maximum absolute atomic E-state index is 5.62. The van der Waals surface area contributed by atoms with Gasteiger partial charge in [-0.15, -0.1) is 0 Å². The number of hydrogen-bond acceptors (Lipinski definition) is 1. The number of fused-ring (bicyclic) bond motifs is 1. The van der Waals surface area contributed by atoms with E-state index in [1.807, 2.05) is 55.4 Å². The van der Waals surface area contributed by atoms with E-state index in [1.54, 1.807) is 0 Å². The highest BCUT2D eigenvalue weighted by molar-refractivity contribution is 5.60. The normalized spacial score (nSPS) is 10.5. The Balaban J connectivity index is -0.000000353. The standard InChI is InChI=1S/C12H15N.4C2H6/c1-9-2-4-12-7-10(8-13)3-5-11(12)6-9;4*1-2/h2,4,6-7H,3,5,8,13H2,1H3;4*1-2H3. The van der Waals surface area contributed by atoms with Crippen molar-refractivity contribution >= 4 is 6.08 Å². The quantitative estimate of drug-likeness (QED) is 0.638. The average Bonchev–Trinajstić information content (AvgIpc) is 2.61. The molecule has 21 heavy (non-hydrogen) atoms. The van der Waals surface area contributed by atoms with Gasteiger partial charge in [-0.3, -0.25) is 0 Å². The molecule has 1 heteroatoms. The maximum atomic E-state index is 5.62. The van der Waals surface area contributed by atoms with E-state index in [-0.39, 0.29) is 0 Å². The molecule has 0 fully saturated rings. The summed E-state index contributed by atoms with van der Waals surface area (Å²) >= 11 is 0. The Morgan fingerprint density at radius 3 is 1.86 bits per heavy atom. The molecule has 0 radical (unpaired) electrons. The van der Waals surface area contributed by atoms with Gasteiger partial charge in [0, 0.05) is 6.54 Å². The summed E-state index contributed by atoms with van der Waals surface area (Å²) in [4.78, 5) is 0. The minimum atomic E-state index is 0.702. The topological polar surface area (TPSA) is 26.0 Å². The fraction of sp³-hybridized carbons (Fsp3) is 0.600. The molecule has 0 heterocycles. The first-order valence-corrected chi connectivity index (χ1v) is 8.78. The molecule has 0 spiro atoms. The fourth-order valence-corrected chi connectivity index (χ4v) is 1.84. The third kappa shape index (κ3) is 10.3.